The molecule has 0 bridgehead atoms. The summed E-state index contributed by atoms with van der Waals surface area (Å²) >= 11 is 0. The van der Waals surface area contributed by atoms with Crippen molar-refractivity contribution in [1.29, 1.82) is 0 Å². The quantitative estimate of drug-likeness (QED) is 0.562. The van der Waals surface area contributed by atoms with Crippen molar-refractivity contribution in [1.82, 2.24) is 5.32 Å². The molecule has 4 saturated carbocycles. The van der Waals surface area contributed by atoms with Crippen LogP contribution in [0.3, 0.4) is 0 Å². The predicted octanol–water partition coefficient (Wildman–Crippen LogP) is 4.60. The maximum atomic E-state index is 12.5. The molecular formula is C27H43NO5. The lowest BCUT2D eigenvalue weighted by atomic mass is 9.44. The molecule has 0 aromatic rings. The van der Waals surface area contributed by atoms with Gasteiger partial charge in [0.1, 0.15) is 17.4 Å². The second-order valence-corrected chi connectivity index (χ2v) is 12.5. The van der Waals surface area contributed by atoms with Gasteiger partial charge in [-0.05, 0) is 113 Å². The average Bonchev–Trinajstić information content (AvgIpc) is 3.10. The summed E-state index contributed by atoms with van der Waals surface area (Å²) in [5.41, 5.74) is -0.00591. The number of carbonyl (C=O) groups is 3. The molecule has 4 aliphatic rings. The topological polar surface area (TPSA) is 92.7 Å². The first-order valence-corrected chi connectivity index (χ1v) is 13.1. The molecule has 0 heterocycles. The van der Waals surface area contributed by atoms with Crippen molar-refractivity contribution in [3.8, 4) is 0 Å². The van der Waals surface area contributed by atoms with Crippen LogP contribution < -0.4 is 5.32 Å². The molecular weight excluding hydrogens is 418 g/mol. The number of fused-ring (bicyclic) bond motifs is 5. The maximum Gasteiger partial charge on any atom is 0.320 e. The highest BCUT2D eigenvalue weighted by Crippen LogP contribution is 2.68. The summed E-state index contributed by atoms with van der Waals surface area (Å²) in [5, 5.41) is 11.7. The van der Waals surface area contributed by atoms with Crippen LogP contribution >= 0.6 is 0 Å². The minimum Gasteiger partial charge on any atom is -0.480 e. The Kier molecular flexibility index (Phi) is 6.48. The Hall–Kier alpha value is -1.43. The third kappa shape index (κ3) is 4.26. The van der Waals surface area contributed by atoms with E-state index < -0.39 is 17.6 Å². The maximum absolute atomic E-state index is 12.5. The summed E-state index contributed by atoms with van der Waals surface area (Å²) in [6, 6.07) is -0.773. The van der Waals surface area contributed by atoms with Crippen LogP contribution in [0.15, 0.2) is 0 Å². The first-order chi connectivity index (χ1) is 15.4. The van der Waals surface area contributed by atoms with E-state index in [1.807, 2.05) is 0 Å². The van der Waals surface area contributed by atoms with Crippen LogP contribution in [0.4, 0.5) is 0 Å². The highest BCUT2D eigenvalue weighted by atomic mass is 16.6. The fourth-order valence-electron chi connectivity index (χ4n) is 8.81. The van der Waals surface area contributed by atoms with Crippen molar-refractivity contribution in [3.63, 3.8) is 0 Å². The summed E-state index contributed by atoms with van der Waals surface area (Å²) in [5.74, 6) is 1.96. The number of rotatable bonds is 6. The highest BCUT2D eigenvalue weighted by molar-refractivity contribution is 5.79. The molecule has 0 amide bonds. The third-order valence-corrected chi connectivity index (χ3v) is 10.7. The molecule has 0 aromatic heterocycles. The normalized spacial score (nSPS) is 45.3. The third-order valence-electron chi connectivity index (χ3n) is 10.7. The molecule has 0 saturated heterocycles. The van der Waals surface area contributed by atoms with Crippen LogP contribution in [0, 0.1) is 40.4 Å². The number of ketones is 1. The zero-order chi connectivity index (χ0) is 24.2. The number of carboxylic acids is 1. The van der Waals surface area contributed by atoms with Gasteiger partial charge in [0.25, 0.3) is 0 Å². The monoisotopic (exact) mass is 461 g/mol. The van der Waals surface area contributed by atoms with Crippen LogP contribution in [0.2, 0.25) is 0 Å². The standard InChI is InChI=1S/C27H43NO5/c1-16(24(31)32)28-15-23(30)33-25(3)12-13-26(4)18(14-25)6-7-19-21-9-8-20(17(2)29)27(21,5)11-10-22(19)26/h16,18-22,28H,6-15H2,1-5H3,(H,31,32)/t16-,18-,19-,20+,21-,22-,25+,26-,27+/m0/s1. The highest BCUT2D eigenvalue weighted by Gasteiger charge is 2.61. The minimum absolute atomic E-state index is 0.0761. The van der Waals surface area contributed by atoms with E-state index in [2.05, 4.69) is 26.1 Å². The molecule has 4 aliphatic carbocycles. The summed E-state index contributed by atoms with van der Waals surface area (Å²) in [6.07, 6.45) is 9.91. The summed E-state index contributed by atoms with van der Waals surface area (Å²) in [7, 11) is 0. The summed E-state index contributed by atoms with van der Waals surface area (Å²) < 4.78 is 5.93. The van der Waals surface area contributed by atoms with Gasteiger partial charge in [0, 0.05) is 5.92 Å². The summed E-state index contributed by atoms with van der Waals surface area (Å²) in [6.45, 7) is 10.2. The van der Waals surface area contributed by atoms with Gasteiger partial charge in [0.05, 0.1) is 6.54 Å². The lowest BCUT2D eigenvalue weighted by Crippen LogP contribution is -2.56. The molecule has 6 heteroatoms. The smallest absolute Gasteiger partial charge is 0.320 e. The predicted molar refractivity (Wildman–Crippen MR) is 125 cm³/mol. The molecule has 4 rings (SSSR count). The van der Waals surface area contributed by atoms with E-state index in [0.717, 1.165) is 31.6 Å². The van der Waals surface area contributed by atoms with E-state index in [-0.39, 0.29) is 29.3 Å². The number of hydrogen-bond donors (Lipinski definition) is 2. The van der Waals surface area contributed by atoms with Crippen LogP contribution in [0.1, 0.15) is 92.4 Å². The Labute approximate surface area is 198 Å². The fraction of sp³-hybridized carbons (Fsp3) is 0.889. The molecule has 0 aromatic carbocycles. The molecule has 4 fully saturated rings. The first kappa shape index (κ1) is 24.7. The lowest BCUT2D eigenvalue weighted by molar-refractivity contribution is -0.180. The van der Waals surface area contributed by atoms with Gasteiger partial charge < -0.3 is 9.84 Å². The van der Waals surface area contributed by atoms with Crippen molar-refractivity contribution < 1.29 is 24.2 Å². The Morgan fingerprint density at radius 2 is 1.67 bits per heavy atom. The number of ether oxygens (including phenoxy) is 1. The van der Waals surface area contributed by atoms with Gasteiger partial charge in [-0.2, -0.15) is 0 Å². The molecule has 9 atom stereocenters. The van der Waals surface area contributed by atoms with Crippen molar-refractivity contribution in [2.75, 3.05) is 6.54 Å². The Balaban J connectivity index is 1.41. The second kappa shape index (κ2) is 8.66. The largest absolute Gasteiger partial charge is 0.480 e. The molecule has 2 N–H and O–H groups in total. The average molecular weight is 462 g/mol. The van der Waals surface area contributed by atoms with E-state index in [1.54, 1.807) is 6.92 Å². The first-order valence-electron chi connectivity index (χ1n) is 13.1. The number of hydrogen-bond acceptors (Lipinski definition) is 5. The molecule has 33 heavy (non-hydrogen) atoms. The van der Waals surface area contributed by atoms with Crippen LogP contribution in [-0.4, -0.2) is 41.0 Å². The number of aliphatic carboxylic acids is 1. The lowest BCUT2D eigenvalue weighted by Gasteiger charge is -2.62. The molecule has 0 unspecified atom stereocenters. The summed E-state index contributed by atoms with van der Waals surface area (Å²) in [4.78, 5) is 35.8. The van der Waals surface area contributed by atoms with Crippen LogP contribution in [0.5, 0.6) is 0 Å². The number of carbonyl (C=O) groups excluding carboxylic acids is 2. The molecule has 186 valence electrons. The van der Waals surface area contributed by atoms with Crippen molar-refractivity contribution >= 4 is 17.7 Å². The number of carboxylic acid groups (broad SMARTS) is 1. The van der Waals surface area contributed by atoms with E-state index in [9.17, 15) is 14.4 Å². The SMILES string of the molecule is CC(=O)[C@H]1CC[C@H]2[C@@H]3CC[C@H]4C[C@](C)(OC(=O)CN[C@@H](C)C(=O)O)CC[C@]4(C)[C@H]3CC[C@]12C. The number of esters is 1. The van der Waals surface area contributed by atoms with Gasteiger partial charge in [-0.3, -0.25) is 19.7 Å². The van der Waals surface area contributed by atoms with Crippen LogP contribution in [-0.2, 0) is 19.1 Å². The van der Waals surface area contributed by atoms with Gasteiger partial charge in [0.15, 0.2) is 0 Å². The van der Waals surface area contributed by atoms with E-state index >= 15 is 0 Å². The Morgan fingerprint density at radius 3 is 2.33 bits per heavy atom. The zero-order valence-electron chi connectivity index (χ0n) is 21.1. The number of nitrogens with one attached hydrogen (secondary N) is 1. The van der Waals surface area contributed by atoms with E-state index in [1.165, 1.54) is 39.0 Å². The molecule has 0 radical (unpaired) electrons. The molecule has 6 nitrogen and oxygen atoms in total. The Morgan fingerprint density at radius 1 is 0.970 bits per heavy atom. The molecule has 0 aliphatic heterocycles. The van der Waals surface area contributed by atoms with E-state index in [0.29, 0.717) is 23.5 Å². The van der Waals surface area contributed by atoms with Crippen LogP contribution in [0.25, 0.3) is 0 Å². The van der Waals surface area contributed by atoms with Crippen molar-refractivity contribution in [3.05, 3.63) is 0 Å². The zero-order valence-corrected chi connectivity index (χ0v) is 21.1. The van der Waals surface area contributed by atoms with Gasteiger partial charge in [-0.1, -0.05) is 13.8 Å². The van der Waals surface area contributed by atoms with Gasteiger partial charge in [-0.15, -0.1) is 0 Å². The van der Waals surface area contributed by atoms with Gasteiger partial charge in [-0.25, -0.2) is 0 Å². The fourth-order valence-corrected chi connectivity index (χ4v) is 8.81. The van der Waals surface area contributed by atoms with Crippen molar-refractivity contribution in [2.24, 2.45) is 40.4 Å². The Bertz CT molecular complexity index is 812. The van der Waals surface area contributed by atoms with E-state index in [4.69, 9.17) is 9.84 Å². The van der Waals surface area contributed by atoms with Gasteiger partial charge >= 0.3 is 11.9 Å². The number of Topliss-reactive ketones (excluding diaryl/α,β-unsaturated/α-hetero) is 1. The van der Waals surface area contributed by atoms with Crippen molar-refractivity contribution in [2.45, 2.75) is 104 Å². The van der Waals surface area contributed by atoms with Gasteiger partial charge in [0.2, 0.25) is 0 Å². The minimum atomic E-state index is -0.973. The molecule has 0 spiro atoms. The second-order valence-electron chi connectivity index (χ2n) is 12.5.